The summed E-state index contributed by atoms with van der Waals surface area (Å²) in [6, 6.07) is 5.55. The van der Waals surface area contributed by atoms with Crippen molar-refractivity contribution < 1.29 is 9.59 Å². The number of carbonyl (C=O) groups excluding carboxylic acids is 2. The van der Waals surface area contributed by atoms with Gasteiger partial charge in [0.25, 0.3) is 5.91 Å². The van der Waals surface area contributed by atoms with Gasteiger partial charge in [0.2, 0.25) is 0 Å². The fourth-order valence-corrected chi connectivity index (χ4v) is 3.82. The molecular formula is C18H26N4O2. The molecule has 3 rings (SSSR count). The van der Waals surface area contributed by atoms with Gasteiger partial charge in [-0.15, -0.1) is 0 Å². The number of nitrogens with zero attached hydrogens (tertiary/aromatic N) is 3. The van der Waals surface area contributed by atoms with Gasteiger partial charge in [-0.05, 0) is 52.3 Å². The molecule has 3 heterocycles. The number of aromatic nitrogens is 1. The molecule has 24 heavy (non-hydrogen) atoms. The lowest BCUT2D eigenvalue weighted by atomic mass is 9.79. The van der Waals surface area contributed by atoms with Crippen molar-refractivity contribution in [3.8, 4) is 0 Å². The maximum atomic E-state index is 12.9. The zero-order valence-corrected chi connectivity index (χ0v) is 14.7. The van der Waals surface area contributed by atoms with Crippen LogP contribution < -0.4 is 5.32 Å². The van der Waals surface area contributed by atoms with E-state index in [1.807, 2.05) is 39.0 Å². The van der Waals surface area contributed by atoms with Gasteiger partial charge < -0.3 is 5.32 Å². The van der Waals surface area contributed by atoms with Crippen molar-refractivity contribution in [3.63, 3.8) is 0 Å². The normalized spacial score (nSPS) is 28.5. The number of carbonyl (C=O) groups is 2. The summed E-state index contributed by atoms with van der Waals surface area (Å²) in [7, 11) is 0. The Hall–Kier alpha value is -1.95. The molecule has 0 radical (unpaired) electrons. The topological polar surface area (TPSA) is 65.5 Å². The molecule has 1 aromatic heterocycles. The van der Waals surface area contributed by atoms with E-state index in [0.717, 1.165) is 38.2 Å². The van der Waals surface area contributed by atoms with Crippen LogP contribution in [-0.4, -0.2) is 51.4 Å². The van der Waals surface area contributed by atoms with E-state index >= 15 is 0 Å². The van der Waals surface area contributed by atoms with E-state index in [2.05, 4.69) is 15.2 Å². The van der Waals surface area contributed by atoms with Crippen molar-refractivity contribution in [2.45, 2.75) is 51.7 Å². The molecule has 2 saturated heterocycles. The maximum Gasteiger partial charge on any atom is 0.325 e. The molecule has 2 aliphatic rings. The molecule has 130 valence electrons. The number of imide groups is 1. The molecule has 3 amide bonds. The molecule has 0 unspecified atom stereocenters. The summed E-state index contributed by atoms with van der Waals surface area (Å²) in [4.78, 5) is 33.2. The van der Waals surface area contributed by atoms with Gasteiger partial charge in [0.1, 0.15) is 5.54 Å². The molecule has 1 aromatic rings. The minimum absolute atomic E-state index is 0.0906. The number of pyridine rings is 1. The van der Waals surface area contributed by atoms with Crippen LogP contribution in [0.15, 0.2) is 24.4 Å². The first-order chi connectivity index (χ1) is 11.4. The molecule has 6 heteroatoms. The Morgan fingerprint density at radius 1 is 1.38 bits per heavy atom. The van der Waals surface area contributed by atoms with Crippen molar-refractivity contribution in [3.05, 3.63) is 30.1 Å². The van der Waals surface area contributed by atoms with E-state index in [9.17, 15) is 9.59 Å². The predicted octanol–water partition coefficient (Wildman–Crippen LogP) is 2.01. The van der Waals surface area contributed by atoms with Crippen molar-refractivity contribution in [1.29, 1.82) is 0 Å². The molecular weight excluding hydrogens is 304 g/mol. The number of nitrogens with one attached hydrogen (secondary N) is 1. The van der Waals surface area contributed by atoms with Crippen LogP contribution in [0.25, 0.3) is 0 Å². The van der Waals surface area contributed by atoms with Gasteiger partial charge in [-0.25, -0.2) is 4.79 Å². The summed E-state index contributed by atoms with van der Waals surface area (Å²) in [5.41, 5.74) is 0.235. The van der Waals surface area contributed by atoms with Crippen LogP contribution in [0.3, 0.4) is 0 Å². The fraction of sp³-hybridized carbons (Fsp3) is 0.611. The van der Waals surface area contributed by atoms with Crippen LogP contribution >= 0.6 is 0 Å². The molecule has 6 nitrogen and oxygen atoms in total. The Labute approximate surface area is 143 Å². The number of rotatable bonds is 4. The SMILES string of the molecule is CC(C)N1C(=O)N[C@@](C)([C@@H]2CCCN(Cc3ccccn3)C2)C1=O. The van der Waals surface area contributed by atoms with Gasteiger partial charge in [-0.3, -0.25) is 19.6 Å². The number of hydrogen-bond donors (Lipinski definition) is 1. The van der Waals surface area contributed by atoms with Gasteiger partial charge in [0.05, 0.1) is 5.69 Å². The van der Waals surface area contributed by atoms with E-state index in [1.165, 1.54) is 4.90 Å². The second kappa shape index (κ2) is 6.51. The third-order valence-electron chi connectivity index (χ3n) is 5.20. The molecule has 0 aromatic carbocycles. The highest BCUT2D eigenvalue weighted by atomic mass is 16.2. The first-order valence-electron chi connectivity index (χ1n) is 8.70. The van der Waals surface area contributed by atoms with Gasteiger partial charge in [0, 0.05) is 31.2 Å². The molecule has 2 atom stereocenters. The minimum Gasteiger partial charge on any atom is -0.323 e. The van der Waals surface area contributed by atoms with E-state index < -0.39 is 5.54 Å². The lowest BCUT2D eigenvalue weighted by Crippen LogP contribution is -2.56. The average Bonchev–Trinajstić information content (AvgIpc) is 2.79. The van der Waals surface area contributed by atoms with Crippen molar-refractivity contribution in [2.75, 3.05) is 13.1 Å². The van der Waals surface area contributed by atoms with Crippen LogP contribution in [0.5, 0.6) is 0 Å². The van der Waals surface area contributed by atoms with Gasteiger partial charge in [-0.1, -0.05) is 6.07 Å². The van der Waals surface area contributed by atoms with Crippen LogP contribution in [0.4, 0.5) is 4.79 Å². The molecule has 2 fully saturated rings. The molecule has 0 aliphatic carbocycles. The molecule has 0 saturated carbocycles. The summed E-state index contributed by atoms with van der Waals surface area (Å²) >= 11 is 0. The standard InChI is InChI=1S/C18H26N4O2/c1-13(2)22-16(23)18(3,20-17(22)24)14-7-6-10-21(11-14)12-15-8-4-5-9-19-15/h4-5,8-9,13-14H,6-7,10-12H2,1-3H3,(H,20,24)/t14-,18+/m1/s1. The molecule has 0 bridgehead atoms. The summed E-state index contributed by atoms with van der Waals surface area (Å²) in [5.74, 6) is 0.0300. The number of piperidine rings is 1. The zero-order chi connectivity index (χ0) is 17.3. The Morgan fingerprint density at radius 3 is 2.79 bits per heavy atom. The Kier molecular flexibility index (Phi) is 4.58. The fourth-order valence-electron chi connectivity index (χ4n) is 3.82. The van der Waals surface area contributed by atoms with Crippen LogP contribution in [0, 0.1) is 5.92 Å². The Morgan fingerprint density at radius 2 is 2.17 bits per heavy atom. The Bertz CT molecular complexity index is 619. The average molecular weight is 330 g/mol. The highest BCUT2D eigenvalue weighted by molar-refractivity contribution is 6.07. The Balaban J connectivity index is 1.72. The second-order valence-corrected chi connectivity index (χ2v) is 7.30. The lowest BCUT2D eigenvalue weighted by Gasteiger charge is -2.39. The first-order valence-corrected chi connectivity index (χ1v) is 8.70. The smallest absolute Gasteiger partial charge is 0.323 e. The van der Waals surface area contributed by atoms with Gasteiger partial charge >= 0.3 is 6.03 Å². The summed E-state index contributed by atoms with van der Waals surface area (Å²) in [6.45, 7) is 8.20. The van der Waals surface area contributed by atoms with E-state index in [-0.39, 0.29) is 23.9 Å². The maximum absolute atomic E-state index is 12.9. The van der Waals surface area contributed by atoms with E-state index in [0.29, 0.717) is 0 Å². The number of amides is 3. The second-order valence-electron chi connectivity index (χ2n) is 7.30. The summed E-state index contributed by atoms with van der Waals surface area (Å²) < 4.78 is 0. The number of likely N-dealkylation sites (tertiary alicyclic amines) is 1. The monoisotopic (exact) mass is 330 g/mol. The molecule has 0 spiro atoms. The third kappa shape index (κ3) is 3.02. The predicted molar refractivity (Wildman–Crippen MR) is 91.2 cm³/mol. The van der Waals surface area contributed by atoms with Crippen molar-refractivity contribution in [2.24, 2.45) is 5.92 Å². The molecule has 1 N–H and O–H groups in total. The zero-order valence-electron chi connectivity index (χ0n) is 14.7. The van der Waals surface area contributed by atoms with Crippen LogP contribution in [-0.2, 0) is 11.3 Å². The summed E-state index contributed by atoms with van der Waals surface area (Å²) in [5, 5.41) is 2.96. The van der Waals surface area contributed by atoms with Crippen LogP contribution in [0.1, 0.15) is 39.3 Å². The van der Waals surface area contributed by atoms with E-state index in [1.54, 1.807) is 6.20 Å². The third-order valence-corrected chi connectivity index (χ3v) is 5.20. The number of hydrogen-bond acceptors (Lipinski definition) is 4. The molecule has 2 aliphatic heterocycles. The lowest BCUT2D eigenvalue weighted by molar-refractivity contribution is -0.134. The van der Waals surface area contributed by atoms with Crippen LogP contribution in [0.2, 0.25) is 0 Å². The van der Waals surface area contributed by atoms with E-state index in [4.69, 9.17) is 0 Å². The first kappa shape index (κ1) is 16.9. The highest BCUT2D eigenvalue weighted by Gasteiger charge is 2.53. The van der Waals surface area contributed by atoms with Crippen molar-refractivity contribution in [1.82, 2.24) is 20.1 Å². The largest absolute Gasteiger partial charge is 0.325 e. The quantitative estimate of drug-likeness (QED) is 0.858. The van der Waals surface area contributed by atoms with Gasteiger partial charge in [0.15, 0.2) is 0 Å². The summed E-state index contributed by atoms with van der Waals surface area (Å²) in [6.07, 6.45) is 3.78. The number of urea groups is 1. The minimum atomic E-state index is -0.801. The highest BCUT2D eigenvalue weighted by Crippen LogP contribution is 2.33. The van der Waals surface area contributed by atoms with Crippen molar-refractivity contribution >= 4 is 11.9 Å². The van der Waals surface area contributed by atoms with Gasteiger partial charge in [-0.2, -0.15) is 0 Å².